The average Bonchev–Trinajstić information content (AvgIpc) is 3.24. The molecule has 1 saturated carbocycles. The Balaban J connectivity index is 1.54. The van der Waals surface area contributed by atoms with Crippen LogP contribution in [0.5, 0.6) is 5.75 Å². The van der Waals surface area contributed by atoms with Crippen molar-refractivity contribution >= 4 is 29.0 Å². The highest BCUT2D eigenvalue weighted by Crippen LogP contribution is 2.63. The summed E-state index contributed by atoms with van der Waals surface area (Å²) in [6.07, 6.45) is 3.86. The molecule has 1 aliphatic heterocycles. The lowest BCUT2D eigenvalue weighted by Crippen LogP contribution is -2.58. The number of carbonyl (C=O) groups excluding carboxylic acids is 4. The molecule has 1 heterocycles. The summed E-state index contributed by atoms with van der Waals surface area (Å²) >= 11 is 0. The number of aromatic hydroxyl groups is 1. The van der Waals surface area contributed by atoms with Gasteiger partial charge in [0.05, 0.1) is 17.3 Å². The van der Waals surface area contributed by atoms with Crippen LogP contribution in [0.1, 0.15) is 46.6 Å². The molecule has 7 nitrogen and oxygen atoms in total. The Hall–Kier alpha value is -4.62. The molecule has 2 fully saturated rings. The summed E-state index contributed by atoms with van der Waals surface area (Å²) in [6.45, 7) is 3.60. The number of hydroxylamine groups is 2. The van der Waals surface area contributed by atoms with Gasteiger partial charge in [0, 0.05) is 17.4 Å². The van der Waals surface area contributed by atoms with Crippen LogP contribution in [0, 0.1) is 37.5 Å². The first-order valence-corrected chi connectivity index (χ1v) is 14.6. The fraction of sp³-hybridized carbons (Fsp3) is 0.278. The second-order valence-corrected chi connectivity index (χ2v) is 12.3. The van der Waals surface area contributed by atoms with E-state index in [4.69, 9.17) is 0 Å². The molecule has 2 amide bonds. The van der Waals surface area contributed by atoms with E-state index in [1.807, 2.05) is 78.9 Å². The van der Waals surface area contributed by atoms with Gasteiger partial charge in [0.15, 0.2) is 11.6 Å². The van der Waals surface area contributed by atoms with E-state index in [1.54, 1.807) is 13.8 Å². The van der Waals surface area contributed by atoms with Gasteiger partial charge in [-0.1, -0.05) is 84.4 Å². The van der Waals surface area contributed by atoms with Gasteiger partial charge < -0.3 is 5.11 Å². The van der Waals surface area contributed by atoms with E-state index in [-0.39, 0.29) is 35.2 Å². The lowest BCUT2D eigenvalue weighted by molar-refractivity contribution is -0.173. The van der Waals surface area contributed by atoms with Crippen LogP contribution < -0.4 is 0 Å². The number of ketones is 2. The fourth-order valence-electron chi connectivity index (χ4n) is 8.39. The molecule has 0 aromatic heterocycles. The zero-order valence-electron chi connectivity index (χ0n) is 23.9. The SMILES string of the molecule is Cc1cc([C@H]2C3=CC[C@@H]4C(=O)N(O)C(=O)[C@@H]4[C@@H]3C[C@H]3C(=O)C(c4ccccc4)=CC(=O)[C@@]23c2ccccc2)cc(C)c1O. The maximum Gasteiger partial charge on any atom is 0.257 e. The monoisotopic (exact) mass is 573 g/mol. The number of allylic oxidation sites excluding steroid dienone is 4. The molecule has 43 heavy (non-hydrogen) atoms. The Morgan fingerprint density at radius 3 is 2.12 bits per heavy atom. The van der Waals surface area contributed by atoms with Crippen LogP contribution in [0.4, 0.5) is 0 Å². The smallest absolute Gasteiger partial charge is 0.257 e. The zero-order valence-corrected chi connectivity index (χ0v) is 23.9. The summed E-state index contributed by atoms with van der Waals surface area (Å²) in [5.41, 5.74) is 3.19. The van der Waals surface area contributed by atoms with Crippen molar-refractivity contribution in [2.75, 3.05) is 0 Å². The maximum atomic E-state index is 14.9. The Labute approximate surface area is 249 Å². The van der Waals surface area contributed by atoms with Crippen LogP contribution in [0.3, 0.4) is 0 Å². The minimum absolute atomic E-state index is 0.156. The van der Waals surface area contributed by atoms with Crippen molar-refractivity contribution in [3.05, 3.63) is 118 Å². The predicted molar refractivity (Wildman–Crippen MR) is 158 cm³/mol. The fourth-order valence-corrected chi connectivity index (χ4v) is 8.39. The van der Waals surface area contributed by atoms with Crippen molar-refractivity contribution < 1.29 is 29.5 Å². The minimum atomic E-state index is -1.33. The van der Waals surface area contributed by atoms with Crippen molar-refractivity contribution in [3.63, 3.8) is 0 Å². The first-order chi connectivity index (χ1) is 20.7. The molecule has 0 bridgehead atoms. The maximum absolute atomic E-state index is 14.9. The Bertz CT molecular complexity index is 1750. The molecule has 3 aliphatic carbocycles. The number of nitrogens with zero attached hydrogens (tertiary/aromatic N) is 1. The van der Waals surface area contributed by atoms with Crippen LogP contribution in [0.25, 0.3) is 5.57 Å². The topological polar surface area (TPSA) is 112 Å². The quantitative estimate of drug-likeness (QED) is 0.252. The van der Waals surface area contributed by atoms with Crippen LogP contribution in [-0.2, 0) is 24.6 Å². The Morgan fingerprint density at radius 2 is 1.47 bits per heavy atom. The summed E-state index contributed by atoms with van der Waals surface area (Å²) in [5.74, 6) is -5.13. The number of rotatable bonds is 3. The first kappa shape index (κ1) is 27.2. The van der Waals surface area contributed by atoms with Crippen molar-refractivity contribution in [1.29, 1.82) is 0 Å². The second-order valence-electron chi connectivity index (χ2n) is 12.3. The van der Waals surface area contributed by atoms with Gasteiger partial charge in [0.25, 0.3) is 11.8 Å². The van der Waals surface area contributed by atoms with Gasteiger partial charge in [-0.25, -0.2) is 0 Å². The van der Waals surface area contributed by atoms with Gasteiger partial charge >= 0.3 is 0 Å². The van der Waals surface area contributed by atoms with Gasteiger partial charge in [-0.2, -0.15) is 5.06 Å². The molecule has 0 spiro atoms. The number of aryl methyl sites for hydroxylation is 2. The molecule has 1 saturated heterocycles. The van der Waals surface area contributed by atoms with Crippen molar-refractivity contribution in [2.45, 2.75) is 38.0 Å². The van der Waals surface area contributed by atoms with Gasteiger partial charge in [0.2, 0.25) is 0 Å². The van der Waals surface area contributed by atoms with E-state index >= 15 is 0 Å². The van der Waals surface area contributed by atoms with E-state index in [0.717, 1.165) is 11.1 Å². The number of carbonyl (C=O) groups is 4. The Morgan fingerprint density at radius 1 is 0.837 bits per heavy atom. The standard InChI is InChI=1S/C36H31NO6/c1-19-15-22(16-20(2)32(19)39)31-24-13-14-25-30(35(42)37(43)34(25)41)27(24)17-28-33(40)26(21-9-5-3-6-10-21)18-29(38)36(28,31)23-11-7-4-8-12-23/h3-13,15-16,18,25,27-28,30-31,39,43H,14,17H2,1-2H3/t25-,27+,28-,30-,31-,36-/m0/s1. The molecule has 3 aromatic rings. The third kappa shape index (κ3) is 3.70. The van der Waals surface area contributed by atoms with Crippen molar-refractivity contribution in [2.24, 2.45) is 23.7 Å². The predicted octanol–water partition coefficient (Wildman–Crippen LogP) is 5.22. The highest BCUT2D eigenvalue weighted by Gasteiger charge is 2.66. The number of Topliss-reactive ketones (excluding diaryl/α,β-unsaturated/α-hetero) is 1. The molecule has 6 atom stereocenters. The van der Waals surface area contributed by atoms with Crippen LogP contribution in [-0.4, -0.2) is 38.8 Å². The molecule has 4 aliphatic rings. The zero-order chi connectivity index (χ0) is 30.2. The number of phenolic OH excluding ortho intramolecular Hbond substituents is 1. The number of hydrogen-bond acceptors (Lipinski definition) is 6. The van der Waals surface area contributed by atoms with E-state index in [0.29, 0.717) is 27.8 Å². The minimum Gasteiger partial charge on any atom is -0.507 e. The summed E-state index contributed by atoms with van der Waals surface area (Å²) < 4.78 is 0. The number of phenols is 1. The van der Waals surface area contributed by atoms with E-state index in [9.17, 15) is 29.5 Å². The Kier molecular flexibility index (Phi) is 6.15. The molecule has 2 N–H and O–H groups in total. The van der Waals surface area contributed by atoms with E-state index < -0.39 is 46.8 Å². The number of imide groups is 1. The molecular formula is C36H31NO6. The van der Waals surface area contributed by atoms with Crippen LogP contribution in [0.2, 0.25) is 0 Å². The molecule has 216 valence electrons. The highest BCUT2D eigenvalue weighted by atomic mass is 16.5. The average molecular weight is 574 g/mol. The van der Waals surface area contributed by atoms with Gasteiger partial charge in [-0.3, -0.25) is 24.4 Å². The third-order valence-corrected chi connectivity index (χ3v) is 10.2. The summed E-state index contributed by atoms with van der Waals surface area (Å²) in [6, 6.07) is 22.2. The molecular weight excluding hydrogens is 542 g/mol. The summed E-state index contributed by atoms with van der Waals surface area (Å²) in [5, 5.41) is 21.3. The normalized spacial score (nSPS) is 29.9. The number of hydrogen-bond donors (Lipinski definition) is 2. The second kappa shape index (κ2) is 9.71. The molecule has 7 rings (SSSR count). The first-order valence-electron chi connectivity index (χ1n) is 14.6. The third-order valence-electron chi connectivity index (χ3n) is 10.2. The molecule has 7 heteroatoms. The summed E-state index contributed by atoms with van der Waals surface area (Å²) in [4.78, 5) is 55.9. The number of benzene rings is 3. The van der Waals surface area contributed by atoms with Gasteiger partial charge in [-0.05, 0) is 66.5 Å². The summed E-state index contributed by atoms with van der Waals surface area (Å²) in [7, 11) is 0. The lowest BCUT2D eigenvalue weighted by Gasteiger charge is -2.55. The largest absolute Gasteiger partial charge is 0.507 e. The molecule has 3 aromatic carbocycles. The number of fused-ring (bicyclic) bond motifs is 4. The van der Waals surface area contributed by atoms with E-state index in [1.165, 1.54) is 6.08 Å². The van der Waals surface area contributed by atoms with Crippen molar-refractivity contribution in [1.82, 2.24) is 5.06 Å². The van der Waals surface area contributed by atoms with E-state index in [2.05, 4.69) is 0 Å². The van der Waals surface area contributed by atoms with Gasteiger partial charge in [-0.15, -0.1) is 0 Å². The van der Waals surface area contributed by atoms with Crippen molar-refractivity contribution in [3.8, 4) is 5.75 Å². The lowest BCUT2D eigenvalue weighted by atomic mass is 9.44. The molecule has 0 radical (unpaired) electrons. The highest BCUT2D eigenvalue weighted by molar-refractivity contribution is 6.31. The van der Waals surface area contributed by atoms with Crippen LogP contribution in [0.15, 0.2) is 90.5 Å². The van der Waals surface area contributed by atoms with Gasteiger partial charge in [0.1, 0.15) is 5.75 Å². The number of amides is 2. The molecule has 0 unspecified atom stereocenters. The van der Waals surface area contributed by atoms with Crippen LogP contribution >= 0.6 is 0 Å².